The number of benzene rings is 1. The fraction of sp³-hybridized carbons (Fsp3) is 0.348. The maximum absolute atomic E-state index is 14.3. The van der Waals surface area contributed by atoms with E-state index in [0.29, 0.717) is 37.3 Å². The van der Waals surface area contributed by atoms with Crippen molar-refractivity contribution in [1.29, 1.82) is 0 Å². The predicted octanol–water partition coefficient (Wildman–Crippen LogP) is 3.68. The highest BCUT2D eigenvalue weighted by molar-refractivity contribution is 7.13. The normalized spacial score (nSPS) is 16.9. The number of nitrogens with one attached hydrogen (secondary N) is 1. The number of hydrogen-bond acceptors (Lipinski definition) is 7. The first-order valence-corrected chi connectivity index (χ1v) is 12.0. The molecule has 1 aliphatic rings. The number of anilines is 1. The summed E-state index contributed by atoms with van der Waals surface area (Å²) >= 11 is 7.09. The Kier molecular flexibility index (Phi) is 7.50. The zero-order chi connectivity index (χ0) is 24.1. The van der Waals surface area contributed by atoms with Crippen molar-refractivity contribution in [2.45, 2.75) is 37.0 Å². The number of rotatable bonds is 7. The summed E-state index contributed by atoms with van der Waals surface area (Å²) in [6.07, 6.45) is 7.13. The zero-order valence-corrected chi connectivity index (χ0v) is 19.9. The molecule has 2 aromatic heterocycles. The van der Waals surface area contributed by atoms with Crippen LogP contribution in [0.1, 0.15) is 25.3 Å². The van der Waals surface area contributed by atoms with E-state index in [4.69, 9.17) is 16.3 Å². The van der Waals surface area contributed by atoms with Crippen LogP contribution in [-0.4, -0.2) is 51.7 Å². The molecule has 1 N–H and O–H groups in total. The lowest BCUT2D eigenvalue weighted by atomic mass is 9.89. The Labute approximate surface area is 205 Å². The summed E-state index contributed by atoms with van der Waals surface area (Å²) in [5.41, 5.74) is -2.61. The number of thiazole rings is 1. The Morgan fingerprint density at radius 3 is 2.50 bits per heavy atom. The van der Waals surface area contributed by atoms with Crippen LogP contribution >= 0.6 is 22.9 Å². The highest BCUT2D eigenvalue weighted by Gasteiger charge is 2.47. The molecule has 178 valence electrons. The molecule has 1 saturated heterocycles. The summed E-state index contributed by atoms with van der Waals surface area (Å²) in [4.78, 5) is 40.3. The molecule has 0 unspecified atom stereocenters. The van der Waals surface area contributed by atoms with Crippen LogP contribution < -0.4 is 10.2 Å². The van der Waals surface area contributed by atoms with Crippen molar-refractivity contribution >= 4 is 40.4 Å². The topological polar surface area (TPSA) is 97.3 Å². The van der Waals surface area contributed by atoms with Crippen LogP contribution in [0.2, 0.25) is 0 Å². The number of aromatic nitrogens is 3. The first kappa shape index (κ1) is 24.2. The average Bonchev–Trinajstić information content (AvgIpc) is 3.40. The number of nitrogens with zero attached hydrogens (tertiary/aromatic N) is 4. The fourth-order valence-electron chi connectivity index (χ4n) is 3.90. The Morgan fingerprint density at radius 1 is 1.24 bits per heavy atom. The molecule has 1 fully saturated rings. The SMILES string of the molecule is C[C@@](C(=O)NC1CCOCC1)(c1cncnc1)N(C(=O)[C@H](F)Cl)c1ccc(-c2nccs2)cc1. The van der Waals surface area contributed by atoms with Gasteiger partial charge in [0.2, 0.25) is 0 Å². The first-order chi connectivity index (χ1) is 16.4. The zero-order valence-electron chi connectivity index (χ0n) is 18.4. The monoisotopic (exact) mass is 503 g/mol. The van der Waals surface area contributed by atoms with Gasteiger partial charge in [0.05, 0.1) is 0 Å². The number of alkyl halides is 2. The lowest BCUT2D eigenvalue weighted by Crippen LogP contribution is -2.60. The Morgan fingerprint density at radius 2 is 1.91 bits per heavy atom. The maximum atomic E-state index is 14.3. The molecule has 0 spiro atoms. The lowest BCUT2D eigenvalue weighted by Gasteiger charge is -2.41. The third kappa shape index (κ3) is 4.94. The third-order valence-electron chi connectivity index (χ3n) is 5.78. The van der Waals surface area contributed by atoms with Gasteiger partial charge in [0.25, 0.3) is 17.4 Å². The smallest absolute Gasteiger partial charge is 0.278 e. The van der Waals surface area contributed by atoms with Crippen molar-refractivity contribution in [3.63, 3.8) is 0 Å². The van der Waals surface area contributed by atoms with E-state index in [-0.39, 0.29) is 6.04 Å². The van der Waals surface area contributed by atoms with Crippen molar-refractivity contribution in [3.8, 4) is 10.6 Å². The van der Waals surface area contributed by atoms with Gasteiger partial charge in [-0.2, -0.15) is 0 Å². The standard InChI is InChI=1S/C23H23ClFN5O3S/c1-23(16-12-26-14-27-13-16,22(32)29-17-6-9-33-10-7-17)30(21(31)19(24)25)18-4-2-15(3-5-18)20-28-8-11-34-20/h2-5,8,11-14,17,19H,6-7,9-10H2,1H3,(H,29,32)/t19-,23-/m0/s1. The molecule has 3 heterocycles. The quantitative estimate of drug-likeness (QED) is 0.494. The Hall–Kier alpha value is -2.95. The summed E-state index contributed by atoms with van der Waals surface area (Å²) in [7, 11) is 0. The van der Waals surface area contributed by atoms with Gasteiger partial charge in [-0.15, -0.1) is 11.3 Å². The van der Waals surface area contributed by atoms with E-state index in [1.807, 2.05) is 5.38 Å². The van der Waals surface area contributed by atoms with Crippen LogP contribution in [0.5, 0.6) is 0 Å². The van der Waals surface area contributed by atoms with E-state index in [1.165, 1.54) is 37.0 Å². The van der Waals surface area contributed by atoms with Gasteiger partial charge in [0.15, 0.2) is 5.54 Å². The number of carbonyl (C=O) groups excluding carboxylic acids is 2. The van der Waals surface area contributed by atoms with E-state index < -0.39 is 23.0 Å². The molecule has 0 bridgehead atoms. The number of hydrogen-bond donors (Lipinski definition) is 1. The fourth-order valence-corrected chi connectivity index (χ4v) is 4.64. The number of amides is 2. The Bertz CT molecular complexity index is 1110. The average molecular weight is 504 g/mol. The molecule has 1 aliphatic heterocycles. The molecular formula is C23H23ClFN5O3S. The van der Waals surface area contributed by atoms with Crippen LogP contribution in [0.25, 0.3) is 10.6 Å². The summed E-state index contributed by atoms with van der Waals surface area (Å²) in [5.74, 6) is -1.57. The third-order valence-corrected chi connectivity index (χ3v) is 6.79. The molecule has 0 radical (unpaired) electrons. The minimum atomic E-state index is -2.36. The van der Waals surface area contributed by atoms with Crippen LogP contribution in [0.3, 0.4) is 0 Å². The second-order valence-electron chi connectivity index (χ2n) is 7.92. The molecule has 34 heavy (non-hydrogen) atoms. The predicted molar refractivity (Wildman–Crippen MR) is 127 cm³/mol. The van der Waals surface area contributed by atoms with E-state index in [9.17, 15) is 14.0 Å². The van der Waals surface area contributed by atoms with Crippen molar-refractivity contribution in [2.24, 2.45) is 0 Å². The van der Waals surface area contributed by atoms with E-state index in [1.54, 1.807) is 30.5 Å². The molecule has 2 amide bonds. The summed E-state index contributed by atoms with van der Waals surface area (Å²) in [6, 6.07) is 6.64. The van der Waals surface area contributed by atoms with Crippen LogP contribution in [-0.2, 0) is 19.9 Å². The van der Waals surface area contributed by atoms with Crippen molar-refractivity contribution in [1.82, 2.24) is 20.3 Å². The van der Waals surface area contributed by atoms with Gasteiger partial charge in [-0.1, -0.05) is 11.6 Å². The van der Waals surface area contributed by atoms with Gasteiger partial charge in [0, 0.05) is 60.0 Å². The number of carbonyl (C=O) groups is 2. The van der Waals surface area contributed by atoms with Gasteiger partial charge in [-0.25, -0.2) is 19.3 Å². The molecule has 3 aromatic rings. The van der Waals surface area contributed by atoms with Gasteiger partial charge in [-0.05, 0) is 44.0 Å². The van der Waals surface area contributed by atoms with Gasteiger partial charge >= 0.3 is 0 Å². The van der Waals surface area contributed by atoms with Gasteiger partial charge in [0.1, 0.15) is 11.3 Å². The minimum Gasteiger partial charge on any atom is -0.381 e. The van der Waals surface area contributed by atoms with Gasteiger partial charge in [-0.3, -0.25) is 14.5 Å². The molecule has 1 aromatic carbocycles. The van der Waals surface area contributed by atoms with Crippen molar-refractivity contribution in [2.75, 3.05) is 18.1 Å². The molecule has 8 nitrogen and oxygen atoms in total. The summed E-state index contributed by atoms with van der Waals surface area (Å²) in [5, 5.41) is 5.64. The van der Waals surface area contributed by atoms with Crippen LogP contribution in [0.4, 0.5) is 10.1 Å². The summed E-state index contributed by atoms with van der Waals surface area (Å²) in [6.45, 7) is 2.57. The first-order valence-electron chi connectivity index (χ1n) is 10.7. The van der Waals surface area contributed by atoms with Crippen LogP contribution in [0.15, 0.2) is 54.6 Å². The lowest BCUT2D eigenvalue weighted by molar-refractivity contribution is -0.132. The van der Waals surface area contributed by atoms with E-state index in [0.717, 1.165) is 15.5 Å². The molecule has 0 saturated carbocycles. The van der Waals surface area contributed by atoms with Gasteiger partial charge < -0.3 is 10.1 Å². The highest BCUT2D eigenvalue weighted by atomic mass is 35.5. The van der Waals surface area contributed by atoms with Crippen LogP contribution in [0, 0.1) is 0 Å². The van der Waals surface area contributed by atoms with E-state index in [2.05, 4.69) is 20.3 Å². The number of ether oxygens (including phenoxy) is 1. The molecule has 11 heteroatoms. The molecule has 2 atom stereocenters. The number of halogens is 2. The second kappa shape index (κ2) is 10.5. The minimum absolute atomic E-state index is 0.147. The summed E-state index contributed by atoms with van der Waals surface area (Å²) < 4.78 is 19.7. The molecular weight excluding hydrogens is 481 g/mol. The molecule has 4 rings (SSSR count). The molecule has 0 aliphatic carbocycles. The van der Waals surface area contributed by atoms with E-state index >= 15 is 0 Å². The second-order valence-corrected chi connectivity index (χ2v) is 9.20. The van der Waals surface area contributed by atoms with Crippen molar-refractivity contribution < 1.29 is 18.7 Å². The Balaban J connectivity index is 1.78. The highest BCUT2D eigenvalue weighted by Crippen LogP contribution is 2.36. The maximum Gasteiger partial charge on any atom is 0.278 e. The largest absolute Gasteiger partial charge is 0.381 e. The van der Waals surface area contributed by atoms with Crippen molar-refractivity contribution in [3.05, 3.63) is 60.1 Å².